The van der Waals surface area contributed by atoms with E-state index < -0.39 is 0 Å². The number of aliphatic imine (C=N–C) groups is 1. The van der Waals surface area contributed by atoms with Gasteiger partial charge >= 0.3 is 0 Å². The van der Waals surface area contributed by atoms with Crippen LogP contribution in [0.3, 0.4) is 0 Å². The van der Waals surface area contributed by atoms with Gasteiger partial charge in [0.1, 0.15) is 0 Å². The van der Waals surface area contributed by atoms with Crippen molar-refractivity contribution in [1.82, 2.24) is 0 Å². The summed E-state index contributed by atoms with van der Waals surface area (Å²) in [4.78, 5) is 2.58. The predicted molar refractivity (Wildman–Crippen MR) is 79.8 cm³/mol. The maximum Gasteiger partial charge on any atom is 0.0925 e. The molecule has 1 aliphatic rings. The Morgan fingerprint density at radius 1 is 1.11 bits per heavy atom. The highest BCUT2D eigenvalue weighted by Gasteiger charge is 2.25. The van der Waals surface area contributed by atoms with Crippen LogP contribution in [0.5, 0.6) is 0 Å². The molecule has 1 rings (SSSR count). The maximum absolute atomic E-state index is 7.43. The summed E-state index contributed by atoms with van der Waals surface area (Å²) >= 11 is 0. The minimum absolute atomic E-state index is 1.28. The second kappa shape index (κ2) is 11.9. The number of quaternary nitrogens is 1. The van der Waals surface area contributed by atoms with Gasteiger partial charge in [-0.05, 0) is 12.8 Å². The third kappa shape index (κ3) is 10.4. The van der Waals surface area contributed by atoms with E-state index in [1.807, 2.05) is 0 Å². The molecule has 0 aromatic rings. The lowest BCUT2D eigenvalue weighted by atomic mass is 10.1. The zero-order valence-corrected chi connectivity index (χ0v) is 12.6. The van der Waals surface area contributed by atoms with Crippen LogP contribution < -0.4 is 0 Å². The highest BCUT2D eigenvalue weighted by atomic mass is 15.3. The molecule has 0 atom stereocenters. The Morgan fingerprint density at radius 2 is 1.68 bits per heavy atom. The van der Waals surface area contributed by atoms with E-state index in [0.29, 0.717) is 0 Å². The van der Waals surface area contributed by atoms with Gasteiger partial charge in [0, 0.05) is 12.8 Å². The zero-order chi connectivity index (χ0) is 14.4. The number of nitriles is 1. The van der Waals surface area contributed by atoms with Gasteiger partial charge in [0.25, 0.3) is 0 Å². The number of nitrogens with zero attached hydrogens (tertiary/aromatic N) is 4. The molecule has 0 N–H and O–H groups in total. The molecule has 0 unspecified atom stereocenters. The van der Waals surface area contributed by atoms with Crippen LogP contribution in [-0.4, -0.2) is 37.2 Å². The Bertz CT molecular complexity index is 294. The Hall–Kier alpha value is -1.17. The smallest absolute Gasteiger partial charge is 0.0925 e. The molecule has 4 nitrogen and oxygen atoms in total. The van der Waals surface area contributed by atoms with Crippen LogP contribution in [-0.2, 0) is 0 Å². The van der Waals surface area contributed by atoms with Crippen LogP contribution >= 0.6 is 0 Å². The Kier molecular flexibility index (Phi) is 11.2. The lowest BCUT2D eigenvalue weighted by Gasteiger charge is -2.29. The molecule has 1 saturated heterocycles. The second-order valence-corrected chi connectivity index (χ2v) is 5.58. The molecular formula is C15H28N4. The van der Waals surface area contributed by atoms with Crippen molar-refractivity contribution >= 4 is 6.01 Å². The largest absolute Gasteiger partial charge is 0.422 e. The quantitative estimate of drug-likeness (QED) is 0.298. The van der Waals surface area contributed by atoms with Crippen molar-refractivity contribution < 1.29 is 4.48 Å². The minimum Gasteiger partial charge on any atom is -0.422 e. The molecule has 0 amide bonds. The number of hydrogen-bond acceptors (Lipinski definition) is 2. The van der Waals surface area contributed by atoms with Crippen molar-refractivity contribution in [3.63, 3.8) is 0 Å². The van der Waals surface area contributed by atoms with E-state index in [4.69, 9.17) is 10.7 Å². The van der Waals surface area contributed by atoms with Gasteiger partial charge in [-0.3, -0.25) is 0 Å². The van der Waals surface area contributed by atoms with Gasteiger partial charge in [0.2, 0.25) is 0 Å². The molecule has 0 aromatic heterocycles. The summed E-state index contributed by atoms with van der Waals surface area (Å²) in [6.45, 7) is 6.60. The first-order chi connectivity index (χ1) is 9.18. The summed E-state index contributed by atoms with van der Waals surface area (Å²) in [6, 6.07) is 1.28. The lowest BCUT2D eigenvalue weighted by Crippen LogP contribution is -2.41. The van der Waals surface area contributed by atoms with Crippen LogP contribution in [0.1, 0.15) is 58.3 Å². The molecule has 0 aliphatic carbocycles. The third-order valence-electron chi connectivity index (χ3n) is 3.80. The Morgan fingerprint density at radius 3 is 2.16 bits per heavy atom. The predicted octanol–water partition coefficient (Wildman–Crippen LogP) is 3.80. The van der Waals surface area contributed by atoms with Gasteiger partial charge in [-0.15, -0.1) is 6.01 Å². The average molecular weight is 264 g/mol. The molecule has 1 fully saturated rings. The number of unbranched alkanes of at least 4 members (excludes halogenated alkanes) is 5. The topological polar surface area (TPSA) is 58.5 Å². The molecule has 0 aromatic carbocycles. The Balaban J connectivity index is 0.000000555. The summed E-state index contributed by atoms with van der Waals surface area (Å²) < 4.78 is 1.37. The molecule has 108 valence electrons. The average Bonchev–Trinajstić information content (AvgIpc) is 2.83. The molecule has 19 heavy (non-hydrogen) atoms. The summed E-state index contributed by atoms with van der Waals surface area (Å²) in [6.07, 6.45) is 12.9. The van der Waals surface area contributed by atoms with Crippen molar-refractivity contribution in [2.24, 2.45) is 4.99 Å². The Labute approximate surface area is 118 Å². The van der Waals surface area contributed by atoms with E-state index in [2.05, 4.69) is 19.0 Å². The van der Waals surface area contributed by atoms with Crippen LogP contribution in [0.25, 0.3) is 5.41 Å². The summed E-state index contributed by atoms with van der Waals surface area (Å²) in [5.74, 6) is 0. The normalized spacial score (nSPS) is 15.8. The number of hydrogen-bond donors (Lipinski definition) is 0. The van der Waals surface area contributed by atoms with E-state index in [1.54, 1.807) is 0 Å². The summed E-state index contributed by atoms with van der Waals surface area (Å²) in [5.41, 5.74) is 0. The van der Waals surface area contributed by atoms with Crippen molar-refractivity contribution in [2.75, 3.05) is 26.7 Å². The molecule has 0 saturated carbocycles. The molecule has 1 aliphatic heterocycles. The van der Waals surface area contributed by atoms with E-state index in [-0.39, 0.29) is 0 Å². The van der Waals surface area contributed by atoms with Gasteiger partial charge in [0.15, 0.2) is 0 Å². The molecule has 0 bridgehead atoms. The lowest BCUT2D eigenvalue weighted by molar-refractivity contribution is -0.897. The third-order valence-corrected chi connectivity index (χ3v) is 3.80. The molecular weight excluding hydrogens is 236 g/mol. The molecule has 0 spiro atoms. The van der Waals surface area contributed by atoms with Crippen LogP contribution in [0.4, 0.5) is 0 Å². The van der Waals surface area contributed by atoms with E-state index in [9.17, 15) is 0 Å². The maximum atomic E-state index is 7.43. The van der Waals surface area contributed by atoms with E-state index >= 15 is 0 Å². The van der Waals surface area contributed by atoms with Gasteiger partial charge in [-0.2, -0.15) is 5.26 Å². The number of rotatable bonds is 7. The van der Waals surface area contributed by atoms with Gasteiger partial charge in [-0.1, -0.05) is 32.6 Å². The van der Waals surface area contributed by atoms with Crippen LogP contribution in [0.2, 0.25) is 0 Å². The molecule has 1 heterocycles. The monoisotopic (exact) mass is 264 g/mol. The summed E-state index contributed by atoms with van der Waals surface area (Å²) in [5, 5.41) is 14.9. The fraction of sp³-hybridized carbons (Fsp3) is 0.867. The van der Waals surface area contributed by atoms with Crippen LogP contribution in [0, 0.1) is 11.5 Å². The number of likely N-dealkylation sites (tertiary alicyclic amines) is 1. The highest BCUT2D eigenvalue weighted by Crippen LogP contribution is 2.17. The van der Waals surface area contributed by atoms with E-state index in [0.717, 1.165) is 0 Å². The SMILES string of the molecule is CCCCCCCC[N+]1(C)CCCC1.N#CN=C=[N-]. The van der Waals surface area contributed by atoms with E-state index in [1.165, 1.54) is 87.7 Å². The first-order valence-electron chi connectivity index (χ1n) is 7.50. The van der Waals surface area contributed by atoms with Crippen molar-refractivity contribution in [3.8, 4) is 6.19 Å². The second-order valence-electron chi connectivity index (χ2n) is 5.58. The fourth-order valence-electron chi connectivity index (χ4n) is 2.62. The molecule has 4 heteroatoms. The van der Waals surface area contributed by atoms with Crippen molar-refractivity contribution in [1.29, 1.82) is 5.26 Å². The summed E-state index contributed by atoms with van der Waals surface area (Å²) in [7, 11) is 2.44. The fourth-order valence-corrected chi connectivity index (χ4v) is 2.62. The van der Waals surface area contributed by atoms with Gasteiger partial charge in [-0.25, -0.2) is 0 Å². The standard InChI is InChI=1S/C13H28N.C2N3/c1-3-4-5-6-7-8-11-14(2)12-9-10-13-14;3-1-5-2-4/h3-13H2,1-2H3;/q+1;-1. The minimum atomic E-state index is 1.28. The first-order valence-corrected chi connectivity index (χ1v) is 7.50. The highest BCUT2D eigenvalue weighted by molar-refractivity contribution is 5.46. The van der Waals surface area contributed by atoms with Crippen LogP contribution in [0.15, 0.2) is 4.99 Å². The van der Waals surface area contributed by atoms with Crippen molar-refractivity contribution in [2.45, 2.75) is 58.3 Å². The van der Waals surface area contributed by atoms with Gasteiger partial charge in [0.05, 0.1) is 32.9 Å². The molecule has 0 radical (unpaired) electrons. The first kappa shape index (κ1) is 17.8. The van der Waals surface area contributed by atoms with Crippen molar-refractivity contribution in [3.05, 3.63) is 5.41 Å². The zero-order valence-electron chi connectivity index (χ0n) is 12.6. The van der Waals surface area contributed by atoms with Gasteiger partial charge < -0.3 is 14.9 Å².